The van der Waals surface area contributed by atoms with Crippen molar-refractivity contribution in [3.8, 4) is 11.5 Å². The number of hydrogen-bond donors (Lipinski definition) is 4. The lowest BCUT2D eigenvalue weighted by atomic mass is 9.92. The van der Waals surface area contributed by atoms with E-state index in [4.69, 9.17) is 29.5 Å². The highest BCUT2D eigenvalue weighted by Gasteiger charge is 2.51. The Morgan fingerprint density at radius 3 is 2.02 bits per heavy atom. The number of benzene rings is 1. The van der Waals surface area contributed by atoms with E-state index in [2.05, 4.69) is 5.43 Å². The number of hydrogen-bond acceptors (Lipinski definition) is 13. The third kappa shape index (κ3) is 9.53. The van der Waals surface area contributed by atoms with E-state index in [0.29, 0.717) is 19.3 Å². The Bertz CT molecular complexity index is 1090. The van der Waals surface area contributed by atoms with Gasteiger partial charge in [0.15, 0.2) is 23.7 Å². The number of rotatable bonds is 15. The molecule has 0 bridgehead atoms. The first kappa shape index (κ1) is 34.7. The molecular formula is C28H41FN2O11. The SMILES string of the molecule is CCCC(=O)O[C@H]1[C@H](OC(=O)CCC)COC(OC(=O)[C@](C)(CC(F)c2ccc(O)c(O)c2)NN)[C@@H]1OC(=O)CCC. The number of phenolic OH excluding ortho intramolecular Hbond substituents is 2. The Kier molecular flexibility index (Phi) is 13.4. The second-order valence-corrected chi connectivity index (χ2v) is 10.2. The lowest BCUT2D eigenvalue weighted by molar-refractivity contribution is -0.277. The van der Waals surface area contributed by atoms with Crippen molar-refractivity contribution in [2.45, 2.75) is 109 Å². The fourth-order valence-corrected chi connectivity index (χ4v) is 4.12. The van der Waals surface area contributed by atoms with Crippen molar-refractivity contribution in [3.63, 3.8) is 0 Å². The van der Waals surface area contributed by atoms with Crippen LogP contribution in [0.3, 0.4) is 0 Å². The summed E-state index contributed by atoms with van der Waals surface area (Å²) in [5, 5.41) is 19.2. The minimum Gasteiger partial charge on any atom is -0.504 e. The summed E-state index contributed by atoms with van der Waals surface area (Å²) in [5.74, 6) is 1.56. The quantitative estimate of drug-likeness (QED) is 0.0756. The number of nitrogens with two attached hydrogens (primary N) is 1. The van der Waals surface area contributed by atoms with Crippen LogP contribution in [-0.2, 0) is 42.9 Å². The summed E-state index contributed by atoms with van der Waals surface area (Å²) < 4.78 is 43.0. The zero-order valence-electron chi connectivity index (χ0n) is 24.3. The molecule has 1 aromatic carbocycles. The standard InChI is InChI=1S/C28H41FN2O11/c1-5-8-21(34)39-20-15-38-26(25(41-23(36)10-7-3)24(20)40-22(35)9-6-2)42-27(37)28(4,31-30)14-17(29)16-11-12-18(32)19(33)13-16/h11-13,17,20,24-26,31-33H,5-10,14-15,30H2,1-4H3/t17?,20-,24+,25-,26?,28+/m1/s1. The monoisotopic (exact) mass is 600 g/mol. The number of aromatic hydroxyl groups is 2. The number of carbonyl (C=O) groups excluding carboxylic acids is 4. The number of ether oxygens (including phenoxy) is 5. The minimum absolute atomic E-state index is 0.0157. The molecule has 14 heteroatoms. The summed E-state index contributed by atoms with van der Waals surface area (Å²) in [4.78, 5) is 50.7. The Labute approximate surface area is 243 Å². The number of nitrogens with one attached hydrogen (secondary N) is 1. The summed E-state index contributed by atoms with van der Waals surface area (Å²) in [6, 6.07) is 3.33. The van der Waals surface area contributed by atoms with E-state index < -0.39 is 78.1 Å². The second kappa shape index (κ2) is 16.2. The van der Waals surface area contributed by atoms with Crippen LogP contribution in [-0.4, -0.2) is 70.8 Å². The minimum atomic E-state index is -1.87. The Morgan fingerprint density at radius 2 is 1.50 bits per heavy atom. The number of alkyl halides is 1. The van der Waals surface area contributed by atoms with E-state index in [9.17, 15) is 29.4 Å². The van der Waals surface area contributed by atoms with Gasteiger partial charge in [0.1, 0.15) is 11.7 Å². The predicted molar refractivity (Wildman–Crippen MR) is 144 cm³/mol. The van der Waals surface area contributed by atoms with Gasteiger partial charge < -0.3 is 33.9 Å². The van der Waals surface area contributed by atoms with E-state index in [0.717, 1.165) is 12.1 Å². The Balaban J connectivity index is 2.35. The molecule has 1 aromatic rings. The van der Waals surface area contributed by atoms with Crippen LogP contribution in [0.15, 0.2) is 18.2 Å². The van der Waals surface area contributed by atoms with Crippen LogP contribution in [0.4, 0.5) is 4.39 Å². The summed E-state index contributed by atoms with van der Waals surface area (Å²) >= 11 is 0. The number of carbonyl (C=O) groups is 4. The van der Waals surface area contributed by atoms with Crippen molar-refractivity contribution in [2.75, 3.05) is 6.61 Å². The molecule has 42 heavy (non-hydrogen) atoms. The molecule has 0 aromatic heterocycles. The van der Waals surface area contributed by atoms with Crippen molar-refractivity contribution < 1.29 is 57.5 Å². The zero-order chi connectivity index (χ0) is 31.4. The lowest BCUT2D eigenvalue weighted by Gasteiger charge is -2.41. The fourth-order valence-electron chi connectivity index (χ4n) is 4.12. The number of halogens is 1. The molecule has 0 aliphatic carbocycles. The fraction of sp³-hybridized carbons (Fsp3) is 0.643. The molecule has 6 atom stereocenters. The molecule has 1 aliphatic rings. The average Bonchev–Trinajstić information content (AvgIpc) is 2.93. The summed E-state index contributed by atoms with van der Waals surface area (Å²) in [6.45, 7) is 6.16. The van der Waals surface area contributed by atoms with Crippen LogP contribution in [0, 0.1) is 0 Å². The Hall–Kier alpha value is -3.49. The van der Waals surface area contributed by atoms with Gasteiger partial charge >= 0.3 is 23.9 Å². The summed E-state index contributed by atoms with van der Waals surface area (Å²) in [7, 11) is 0. The highest BCUT2D eigenvalue weighted by molar-refractivity contribution is 5.80. The molecule has 5 N–H and O–H groups in total. The predicted octanol–water partition coefficient (Wildman–Crippen LogP) is 2.76. The Morgan fingerprint density at radius 1 is 0.952 bits per heavy atom. The third-order valence-electron chi connectivity index (χ3n) is 6.50. The van der Waals surface area contributed by atoms with Crippen LogP contribution < -0.4 is 11.3 Å². The molecule has 2 rings (SSSR count). The highest BCUT2D eigenvalue weighted by atomic mass is 19.1. The van der Waals surface area contributed by atoms with Crippen molar-refractivity contribution in [3.05, 3.63) is 23.8 Å². The summed E-state index contributed by atoms with van der Waals surface area (Å²) in [6.07, 6.45) is -6.69. The van der Waals surface area contributed by atoms with Gasteiger partial charge in [0.25, 0.3) is 0 Å². The van der Waals surface area contributed by atoms with Crippen molar-refractivity contribution in [1.82, 2.24) is 5.43 Å². The van der Waals surface area contributed by atoms with Gasteiger partial charge in [-0.15, -0.1) is 0 Å². The number of hydrazine groups is 1. The first-order chi connectivity index (χ1) is 19.9. The maximum atomic E-state index is 15.2. The van der Waals surface area contributed by atoms with Crippen LogP contribution in [0.25, 0.3) is 0 Å². The molecule has 0 saturated carbocycles. The van der Waals surface area contributed by atoms with E-state index in [1.807, 2.05) is 0 Å². The van der Waals surface area contributed by atoms with Gasteiger partial charge in [-0.1, -0.05) is 26.8 Å². The number of esters is 4. The molecular weight excluding hydrogens is 559 g/mol. The van der Waals surface area contributed by atoms with E-state index >= 15 is 4.39 Å². The molecule has 1 saturated heterocycles. The van der Waals surface area contributed by atoms with E-state index in [1.165, 1.54) is 13.0 Å². The van der Waals surface area contributed by atoms with Gasteiger partial charge in [-0.2, -0.15) is 0 Å². The molecule has 1 heterocycles. The average molecular weight is 601 g/mol. The van der Waals surface area contributed by atoms with Crippen LogP contribution >= 0.6 is 0 Å². The first-order valence-electron chi connectivity index (χ1n) is 13.9. The van der Waals surface area contributed by atoms with Crippen LogP contribution in [0.2, 0.25) is 0 Å². The van der Waals surface area contributed by atoms with Gasteiger partial charge in [-0.25, -0.2) is 14.6 Å². The smallest absolute Gasteiger partial charge is 0.329 e. The van der Waals surface area contributed by atoms with E-state index in [-0.39, 0.29) is 31.4 Å². The lowest BCUT2D eigenvalue weighted by Crippen LogP contribution is -2.61. The van der Waals surface area contributed by atoms with Gasteiger partial charge in [-0.3, -0.25) is 20.2 Å². The maximum absolute atomic E-state index is 15.2. The third-order valence-corrected chi connectivity index (χ3v) is 6.50. The van der Waals surface area contributed by atoms with Gasteiger partial charge in [0.05, 0.1) is 6.61 Å². The molecule has 13 nitrogen and oxygen atoms in total. The highest BCUT2D eigenvalue weighted by Crippen LogP contribution is 2.34. The molecule has 2 unspecified atom stereocenters. The largest absolute Gasteiger partial charge is 0.504 e. The van der Waals surface area contributed by atoms with Crippen LogP contribution in [0.1, 0.15) is 84.4 Å². The number of phenols is 2. The maximum Gasteiger partial charge on any atom is 0.329 e. The van der Waals surface area contributed by atoms with Gasteiger partial charge in [0.2, 0.25) is 12.4 Å². The van der Waals surface area contributed by atoms with Gasteiger partial charge in [-0.05, 0) is 43.9 Å². The van der Waals surface area contributed by atoms with Crippen molar-refractivity contribution >= 4 is 23.9 Å². The molecule has 1 fully saturated rings. The molecule has 0 radical (unpaired) electrons. The topological polar surface area (TPSA) is 193 Å². The van der Waals surface area contributed by atoms with Crippen molar-refractivity contribution in [1.29, 1.82) is 0 Å². The first-order valence-corrected chi connectivity index (χ1v) is 13.9. The second-order valence-electron chi connectivity index (χ2n) is 10.2. The normalized spacial score (nSPS) is 22.3. The van der Waals surface area contributed by atoms with Gasteiger partial charge in [0, 0.05) is 25.7 Å². The molecule has 1 aliphatic heterocycles. The molecule has 236 valence electrons. The van der Waals surface area contributed by atoms with Crippen LogP contribution in [0.5, 0.6) is 11.5 Å². The molecule has 0 amide bonds. The molecule has 0 spiro atoms. The summed E-state index contributed by atoms with van der Waals surface area (Å²) in [5.41, 5.74) is 0.325. The van der Waals surface area contributed by atoms with E-state index in [1.54, 1.807) is 20.8 Å². The van der Waals surface area contributed by atoms with Crippen molar-refractivity contribution in [2.24, 2.45) is 5.84 Å². The zero-order valence-corrected chi connectivity index (χ0v) is 24.3.